The number of nitrogens with zero attached hydrogens (tertiary/aromatic N) is 2. The molecule has 178 valence electrons. The number of halogens is 1. The zero-order valence-electron chi connectivity index (χ0n) is 18.9. The lowest BCUT2D eigenvalue weighted by Crippen LogP contribution is -2.32. The molecule has 8 heteroatoms. The minimum atomic E-state index is -3.33. The summed E-state index contributed by atoms with van der Waals surface area (Å²) >= 11 is 6.45. The Morgan fingerprint density at radius 3 is 2.54 bits per heavy atom. The number of anilines is 2. The highest BCUT2D eigenvalue weighted by Crippen LogP contribution is 2.31. The largest absolute Gasteiger partial charge is 0.322 e. The third-order valence-corrected chi connectivity index (χ3v) is 8.31. The molecule has 1 amide bonds. The summed E-state index contributed by atoms with van der Waals surface area (Å²) in [6, 6.07) is 23.7. The quantitative estimate of drug-likeness (QED) is 0.362. The Labute approximate surface area is 209 Å². The van der Waals surface area contributed by atoms with Crippen molar-refractivity contribution in [3.05, 3.63) is 89.4 Å². The number of carbonyl (C=O) groups excluding carboxylic acids is 1. The van der Waals surface area contributed by atoms with Crippen LogP contribution in [-0.2, 0) is 10.0 Å². The van der Waals surface area contributed by atoms with Gasteiger partial charge < -0.3 is 5.32 Å². The van der Waals surface area contributed by atoms with Gasteiger partial charge >= 0.3 is 0 Å². The molecule has 1 aliphatic heterocycles. The van der Waals surface area contributed by atoms with Gasteiger partial charge in [-0.2, -0.15) is 0 Å². The fourth-order valence-corrected chi connectivity index (χ4v) is 6.11. The molecule has 35 heavy (non-hydrogen) atoms. The van der Waals surface area contributed by atoms with Crippen LogP contribution in [0.5, 0.6) is 0 Å². The van der Waals surface area contributed by atoms with Crippen LogP contribution in [0.15, 0.2) is 78.9 Å². The number of pyridine rings is 1. The van der Waals surface area contributed by atoms with Crippen LogP contribution in [0, 0.1) is 0 Å². The smallest absolute Gasteiger partial charge is 0.255 e. The number of sulfonamides is 1. The Morgan fingerprint density at radius 1 is 0.914 bits per heavy atom. The molecule has 0 unspecified atom stereocenters. The van der Waals surface area contributed by atoms with E-state index in [2.05, 4.69) is 5.32 Å². The van der Waals surface area contributed by atoms with Crippen LogP contribution in [0.4, 0.5) is 11.4 Å². The Kier molecular flexibility index (Phi) is 6.45. The lowest BCUT2D eigenvalue weighted by Gasteiger charge is -2.22. The first-order valence-electron chi connectivity index (χ1n) is 11.5. The number of aromatic nitrogens is 1. The standard InChI is InChI=1S/C27H24ClN3O3S/c28-24-14-11-21(18-23(24)26-15-10-19-6-2-3-7-25(19)30-26)29-27(32)20-8-12-22(13-9-20)31-16-4-1-5-17-35(31,33)34/h2-3,6-15,18H,1,4-5,16-17H2,(H,29,32). The number of carbonyl (C=O) groups is 1. The molecule has 1 aliphatic rings. The van der Waals surface area contributed by atoms with Crippen LogP contribution in [0.2, 0.25) is 5.02 Å². The van der Waals surface area contributed by atoms with Crippen molar-refractivity contribution in [1.82, 2.24) is 4.98 Å². The molecular weight excluding hydrogens is 482 g/mol. The summed E-state index contributed by atoms with van der Waals surface area (Å²) in [6.07, 6.45) is 2.40. The van der Waals surface area contributed by atoms with Gasteiger partial charge in [0, 0.05) is 28.7 Å². The van der Waals surface area contributed by atoms with Gasteiger partial charge in [0.15, 0.2) is 0 Å². The molecule has 1 aromatic heterocycles. The van der Waals surface area contributed by atoms with Crippen molar-refractivity contribution < 1.29 is 13.2 Å². The van der Waals surface area contributed by atoms with E-state index in [1.807, 2.05) is 36.4 Å². The molecule has 0 saturated carbocycles. The SMILES string of the molecule is O=C(Nc1ccc(Cl)c(-c2ccc3ccccc3n2)c1)c1ccc(N2CCCCCS2(=O)=O)cc1. The third-order valence-electron chi connectivity index (χ3n) is 6.12. The summed E-state index contributed by atoms with van der Waals surface area (Å²) in [6.45, 7) is 0.463. The molecule has 2 heterocycles. The molecule has 0 radical (unpaired) electrons. The predicted octanol–water partition coefficient (Wildman–Crippen LogP) is 6.13. The maximum atomic E-state index is 12.9. The van der Waals surface area contributed by atoms with Crippen LogP contribution < -0.4 is 9.62 Å². The van der Waals surface area contributed by atoms with Crippen molar-refractivity contribution in [2.24, 2.45) is 0 Å². The summed E-state index contributed by atoms with van der Waals surface area (Å²) in [5, 5.41) is 4.47. The molecule has 1 saturated heterocycles. The van der Waals surface area contributed by atoms with E-state index in [4.69, 9.17) is 16.6 Å². The van der Waals surface area contributed by atoms with Crippen molar-refractivity contribution in [3.63, 3.8) is 0 Å². The molecule has 5 rings (SSSR count). The summed E-state index contributed by atoms with van der Waals surface area (Å²) in [4.78, 5) is 17.6. The van der Waals surface area contributed by atoms with Crippen molar-refractivity contribution in [2.75, 3.05) is 21.9 Å². The van der Waals surface area contributed by atoms with Gasteiger partial charge in [-0.25, -0.2) is 13.4 Å². The lowest BCUT2D eigenvalue weighted by atomic mass is 10.1. The highest BCUT2D eigenvalue weighted by atomic mass is 35.5. The molecular formula is C27H24ClN3O3S. The normalized spacial score (nSPS) is 15.5. The van der Waals surface area contributed by atoms with Crippen molar-refractivity contribution in [3.8, 4) is 11.3 Å². The van der Waals surface area contributed by atoms with Crippen molar-refractivity contribution in [2.45, 2.75) is 19.3 Å². The Bertz CT molecular complexity index is 1500. The van der Waals surface area contributed by atoms with E-state index in [1.165, 1.54) is 4.31 Å². The topological polar surface area (TPSA) is 79.4 Å². The van der Waals surface area contributed by atoms with Gasteiger partial charge in [0.1, 0.15) is 0 Å². The molecule has 6 nitrogen and oxygen atoms in total. The second-order valence-corrected chi connectivity index (χ2v) is 11.0. The molecule has 0 aliphatic carbocycles. The molecule has 1 N–H and O–H groups in total. The molecule has 3 aromatic carbocycles. The number of benzene rings is 3. The number of hydrogen-bond acceptors (Lipinski definition) is 4. The second kappa shape index (κ2) is 9.68. The van der Waals surface area contributed by atoms with Crippen LogP contribution in [0.1, 0.15) is 29.6 Å². The van der Waals surface area contributed by atoms with Crippen LogP contribution in [0.25, 0.3) is 22.2 Å². The minimum Gasteiger partial charge on any atom is -0.322 e. The van der Waals surface area contributed by atoms with E-state index >= 15 is 0 Å². The van der Waals surface area contributed by atoms with Gasteiger partial charge in [0.25, 0.3) is 5.91 Å². The van der Waals surface area contributed by atoms with Gasteiger partial charge in [-0.05, 0) is 67.4 Å². The average Bonchev–Trinajstić information content (AvgIpc) is 3.05. The minimum absolute atomic E-state index is 0.153. The maximum absolute atomic E-state index is 12.9. The fourth-order valence-electron chi connectivity index (χ4n) is 4.25. The first-order valence-corrected chi connectivity index (χ1v) is 13.5. The fraction of sp³-hybridized carbons (Fsp3) is 0.185. The average molecular weight is 506 g/mol. The Morgan fingerprint density at radius 2 is 1.71 bits per heavy atom. The summed E-state index contributed by atoms with van der Waals surface area (Å²) in [5.74, 6) is -0.143. The van der Waals surface area contributed by atoms with E-state index in [1.54, 1.807) is 42.5 Å². The lowest BCUT2D eigenvalue weighted by molar-refractivity contribution is 0.102. The third kappa shape index (κ3) is 5.01. The van der Waals surface area contributed by atoms with Crippen LogP contribution in [0.3, 0.4) is 0 Å². The van der Waals surface area contributed by atoms with Gasteiger partial charge in [-0.15, -0.1) is 0 Å². The monoisotopic (exact) mass is 505 g/mol. The van der Waals surface area contributed by atoms with E-state index in [0.29, 0.717) is 40.6 Å². The first kappa shape index (κ1) is 23.3. The summed E-state index contributed by atoms with van der Waals surface area (Å²) in [7, 11) is -3.33. The number of rotatable bonds is 4. The van der Waals surface area contributed by atoms with Gasteiger partial charge in [0.2, 0.25) is 10.0 Å². The Hall–Kier alpha value is -3.42. The number of amides is 1. The van der Waals surface area contributed by atoms with Crippen LogP contribution >= 0.6 is 11.6 Å². The van der Waals surface area contributed by atoms with E-state index in [-0.39, 0.29) is 11.7 Å². The van der Waals surface area contributed by atoms with Gasteiger partial charge in [0.05, 0.1) is 27.7 Å². The highest BCUT2D eigenvalue weighted by Gasteiger charge is 2.24. The molecule has 1 fully saturated rings. The molecule has 0 atom stereocenters. The zero-order chi connectivity index (χ0) is 24.4. The first-order chi connectivity index (χ1) is 16.9. The molecule has 4 aromatic rings. The highest BCUT2D eigenvalue weighted by molar-refractivity contribution is 7.92. The predicted molar refractivity (Wildman–Crippen MR) is 142 cm³/mol. The van der Waals surface area contributed by atoms with E-state index in [0.717, 1.165) is 29.3 Å². The number of nitrogens with one attached hydrogen (secondary N) is 1. The molecule has 0 bridgehead atoms. The number of hydrogen-bond donors (Lipinski definition) is 1. The second-order valence-electron chi connectivity index (χ2n) is 8.53. The van der Waals surface area contributed by atoms with Gasteiger partial charge in [-0.1, -0.05) is 42.3 Å². The summed E-state index contributed by atoms with van der Waals surface area (Å²) < 4.78 is 26.5. The van der Waals surface area contributed by atoms with Crippen molar-refractivity contribution >= 4 is 49.8 Å². The van der Waals surface area contributed by atoms with Gasteiger partial charge in [-0.3, -0.25) is 9.10 Å². The number of fused-ring (bicyclic) bond motifs is 1. The van der Waals surface area contributed by atoms with Crippen molar-refractivity contribution in [1.29, 1.82) is 0 Å². The Balaban J connectivity index is 1.36. The summed E-state index contributed by atoms with van der Waals surface area (Å²) in [5.41, 5.74) is 3.90. The van der Waals surface area contributed by atoms with Crippen LogP contribution in [-0.4, -0.2) is 31.6 Å². The zero-order valence-corrected chi connectivity index (χ0v) is 20.5. The molecule has 0 spiro atoms. The number of para-hydroxylation sites is 1. The maximum Gasteiger partial charge on any atom is 0.255 e. The van der Waals surface area contributed by atoms with E-state index < -0.39 is 10.0 Å². The van der Waals surface area contributed by atoms with E-state index in [9.17, 15) is 13.2 Å².